The van der Waals surface area contributed by atoms with Gasteiger partial charge in [-0.1, -0.05) is 12.1 Å². The lowest BCUT2D eigenvalue weighted by Crippen LogP contribution is -2.22. The highest BCUT2D eigenvalue weighted by molar-refractivity contribution is 5.94. The fourth-order valence-corrected chi connectivity index (χ4v) is 2.08. The summed E-state index contributed by atoms with van der Waals surface area (Å²) in [4.78, 5) is 20.4. The van der Waals surface area contributed by atoms with Gasteiger partial charge < -0.3 is 5.32 Å². The molecule has 3 aromatic rings. The molecule has 1 N–H and O–H groups in total. The molecule has 23 heavy (non-hydrogen) atoms. The fourth-order valence-electron chi connectivity index (χ4n) is 2.08. The number of pyridine rings is 1. The van der Waals surface area contributed by atoms with Crippen LogP contribution in [-0.4, -0.2) is 20.4 Å². The third-order valence-corrected chi connectivity index (χ3v) is 3.28. The number of hydrogen-bond acceptors (Lipinski definition) is 4. The third-order valence-electron chi connectivity index (χ3n) is 3.28. The van der Waals surface area contributed by atoms with Crippen LogP contribution in [0.4, 0.5) is 0 Å². The topological polar surface area (TPSA) is 83.6 Å². The van der Waals surface area contributed by atoms with E-state index in [4.69, 9.17) is 5.26 Å². The van der Waals surface area contributed by atoms with Crippen LogP contribution in [0.15, 0.2) is 61.3 Å². The van der Waals surface area contributed by atoms with Crippen LogP contribution in [0.25, 0.3) is 5.82 Å². The number of nitriles is 1. The van der Waals surface area contributed by atoms with Crippen molar-refractivity contribution in [3.05, 3.63) is 78.0 Å². The number of rotatable bonds is 4. The van der Waals surface area contributed by atoms with Gasteiger partial charge in [0.1, 0.15) is 12.1 Å². The van der Waals surface area contributed by atoms with Crippen molar-refractivity contribution in [3.8, 4) is 11.9 Å². The van der Waals surface area contributed by atoms with Gasteiger partial charge in [-0.15, -0.1) is 0 Å². The first-order valence-corrected chi connectivity index (χ1v) is 6.98. The molecule has 0 aliphatic rings. The van der Waals surface area contributed by atoms with Crippen molar-refractivity contribution in [2.24, 2.45) is 0 Å². The van der Waals surface area contributed by atoms with Gasteiger partial charge in [0.15, 0.2) is 0 Å². The van der Waals surface area contributed by atoms with Gasteiger partial charge in [-0.3, -0.25) is 9.36 Å². The van der Waals surface area contributed by atoms with E-state index in [0.29, 0.717) is 17.7 Å². The highest BCUT2D eigenvalue weighted by Gasteiger charge is 2.06. The molecule has 6 nitrogen and oxygen atoms in total. The summed E-state index contributed by atoms with van der Waals surface area (Å²) in [5.41, 5.74) is 1.81. The van der Waals surface area contributed by atoms with Crippen molar-refractivity contribution in [3.63, 3.8) is 0 Å². The van der Waals surface area contributed by atoms with Gasteiger partial charge in [0, 0.05) is 30.7 Å². The Morgan fingerprint density at radius 1 is 1.30 bits per heavy atom. The predicted molar refractivity (Wildman–Crippen MR) is 83.7 cm³/mol. The molecule has 0 aliphatic carbocycles. The SMILES string of the molecule is N#Cc1cccc(C(=O)NCc2ccc(-n3ccnc3)nc2)c1. The molecule has 3 rings (SSSR count). The summed E-state index contributed by atoms with van der Waals surface area (Å²) in [5, 5.41) is 11.7. The van der Waals surface area contributed by atoms with Crippen LogP contribution in [0, 0.1) is 11.3 Å². The van der Waals surface area contributed by atoms with Crippen LogP contribution in [0.2, 0.25) is 0 Å². The number of hydrogen-bond donors (Lipinski definition) is 1. The molecule has 0 aliphatic heterocycles. The summed E-state index contributed by atoms with van der Waals surface area (Å²) in [6.07, 6.45) is 6.88. The first-order chi connectivity index (χ1) is 11.3. The smallest absolute Gasteiger partial charge is 0.251 e. The van der Waals surface area contributed by atoms with E-state index in [0.717, 1.165) is 11.4 Å². The second-order valence-corrected chi connectivity index (χ2v) is 4.87. The number of nitrogens with one attached hydrogen (secondary N) is 1. The van der Waals surface area contributed by atoms with Gasteiger partial charge in [0.05, 0.1) is 11.6 Å². The molecule has 1 amide bonds. The standard InChI is InChI=1S/C17H13N5O/c18-9-13-2-1-3-15(8-13)17(23)21-11-14-4-5-16(20-10-14)22-7-6-19-12-22/h1-8,10,12H,11H2,(H,21,23). The normalized spacial score (nSPS) is 10.0. The zero-order valence-corrected chi connectivity index (χ0v) is 12.2. The summed E-state index contributed by atoms with van der Waals surface area (Å²) in [6, 6.07) is 12.4. The van der Waals surface area contributed by atoms with Crippen LogP contribution in [0.3, 0.4) is 0 Å². The highest BCUT2D eigenvalue weighted by atomic mass is 16.1. The Bertz CT molecular complexity index is 847. The Labute approximate surface area is 133 Å². The fraction of sp³-hybridized carbons (Fsp3) is 0.0588. The zero-order valence-electron chi connectivity index (χ0n) is 12.2. The van der Waals surface area contributed by atoms with Crippen LogP contribution in [0.1, 0.15) is 21.5 Å². The Balaban J connectivity index is 1.64. The van der Waals surface area contributed by atoms with E-state index < -0.39 is 0 Å². The molecule has 112 valence electrons. The second kappa shape index (κ2) is 6.54. The van der Waals surface area contributed by atoms with Crippen molar-refractivity contribution < 1.29 is 4.79 Å². The van der Waals surface area contributed by atoms with E-state index in [1.165, 1.54) is 0 Å². The van der Waals surface area contributed by atoms with Crippen LogP contribution in [0.5, 0.6) is 0 Å². The van der Waals surface area contributed by atoms with Gasteiger partial charge >= 0.3 is 0 Å². The third kappa shape index (κ3) is 3.41. The first-order valence-electron chi connectivity index (χ1n) is 6.98. The molecular weight excluding hydrogens is 290 g/mol. The molecule has 0 unspecified atom stereocenters. The molecule has 0 saturated heterocycles. The minimum atomic E-state index is -0.221. The Morgan fingerprint density at radius 2 is 2.22 bits per heavy atom. The molecule has 2 heterocycles. The minimum absolute atomic E-state index is 0.221. The largest absolute Gasteiger partial charge is 0.348 e. The maximum atomic E-state index is 12.1. The second-order valence-electron chi connectivity index (χ2n) is 4.87. The monoisotopic (exact) mass is 303 g/mol. The van der Waals surface area contributed by atoms with Crippen molar-refractivity contribution in [2.45, 2.75) is 6.54 Å². The molecule has 2 aromatic heterocycles. The van der Waals surface area contributed by atoms with Crippen LogP contribution < -0.4 is 5.32 Å². The maximum absolute atomic E-state index is 12.1. The number of amides is 1. The molecule has 0 saturated carbocycles. The van der Waals surface area contributed by atoms with E-state index in [2.05, 4.69) is 15.3 Å². The number of aromatic nitrogens is 3. The average Bonchev–Trinajstić information content (AvgIpc) is 3.15. The number of carbonyl (C=O) groups excluding carboxylic acids is 1. The predicted octanol–water partition coefficient (Wildman–Crippen LogP) is 2.07. The van der Waals surface area contributed by atoms with Crippen LogP contribution >= 0.6 is 0 Å². The number of benzene rings is 1. The van der Waals surface area contributed by atoms with Gasteiger partial charge in [0.2, 0.25) is 0 Å². The summed E-state index contributed by atoms with van der Waals surface area (Å²) in [6.45, 7) is 0.368. The average molecular weight is 303 g/mol. The lowest BCUT2D eigenvalue weighted by Gasteiger charge is -2.06. The quantitative estimate of drug-likeness (QED) is 0.799. The van der Waals surface area contributed by atoms with Crippen LogP contribution in [-0.2, 0) is 6.54 Å². The molecule has 0 atom stereocenters. The number of carbonyl (C=O) groups is 1. The van der Waals surface area contributed by atoms with E-state index >= 15 is 0 Å². The van der Waals surface area contributed by atoms with Crippen molar-refractivity contribution in [1.82, 2.24) is 19.9 Å². The van der Waals surface area contributed by atoms with Gasteiger partial charge in [-0.25, -0.2) is 9.97 Å². The van der Waals surface area contributed by atoms with Crippen molar-refractivity contribution >= 4 is 5.91 Å². The summed E-state index contributed by atoms with van der Waals surface area (Å²) in [5.74, 6) is 0.542. The Kier molecular flexibility index (Phi) is 4.11. The van der Waals surface area contributed by atoms with Gasteiger partial charge in [0.25, 0.3) is 5.91 Å². The summed E-state index contributed by atoms with van der Waals surface area (Å²) in [7, 11) is 0. The first kappa shape index (κ1) is 14.5. The van der Waals surface area contributed by atoms with E-state index in [-0.39, 0.29) is 5.91 Å². The minimum Gasteiger partial charge on any atom is -0.348 e. The van der Waals surface area contributed by atoms with E-state index in [1.54, 1.807) is 47.6 Å². The number of nitrogens with zero attached hydrogens (tertiary/aromatic N) is 4. The Hall–Kier alpha value is -3.46. The van der Waals surface area contributed by atoms with Crippen molar-refractivity contribution in [2.75, 3.05) is 0 Å². The zero-order chi connectivity index (χ0) is 16.1. The maximum Gasteiger partial charge on any atom is 0.251 e. The van der Waals surface area contributed by atoms with E-state index in [1.807, 2.05) is 24.4 Å². The lowest BCUT2D eigenvalue weighted by atomic mass is 10.1. The molecule has 0 fully saturated rings. The summed E-state index contributed by atoms with van der Waals surface area (Å²) >= 11 is 0. The lowest BCUT2D eigenvalue weighted by molar-refractivity contribution is 0.0951. The molecule has 6 heteroatoms. The highest BCUT2D eigenvalue weighted by Crippen LogP contribution is 2.07. The van der Waals surface area contributed by atoms with E-state index in [9.17, 15) is 4.79 Å². The number of imidazole rings is 1. The molecule has 0 spiro atoms. The van der Waals surface area contributed by atoms with Crippen molar-refractivity contribution in [1.29, 1.82) is 5.26 Å². The molecular formula is C17H13N5O. The summed E-state index contributed by atoms with van der Waals surface area (Å²) < 4.78 is 1.80. The molecule has 0 bridgehead atoms. The molecule has 0 radical (unpaired) electrons. The van der Waals surface area contributed by atoms with Gasteiger partial charge in [-0.05, 0) is 29.8 Å². The molecule has 1 aromatic carbocycles. The Morgan fingerprint density at radius 3 is 2.91 bits per heavy atom. The van der Waals surface area contributed by atoms with Gasteiger partial charge in [-0.2, -0.15) is 5.26 Å².